The maximum Gasteiger partial charge on any atom is 0.506 e. The van der Waals surface area contributed by atoms with Crippen LogP contribution in [0.3, 0.4) is 0 Å². The maximum absolute atomic E-state index is 13.4. The number of rotatable bonds is 2. The summed E-state index contributed by atoms with van der Waals surface area (Å²) in [5.41, 5.74) is 2.78. The molecule has 5 rings (SSSR count). The van der Waals surface area contributed by atoms with Crippen LogP contribution in [0.1, 0.15) is 30.4 Å². The maximum atomic E-state index is 13.4. The molecule has 2 aliphatic carbocycles. The quantitative estimate of drug-likeness (QED) is 0.502. The van der Waals surface area contributed by atoms with E-state index in [2.05, 4.69) is 11.8 Å². The Balaban J connectivity index is 1.51. The molecule has 1 fully saturated rings. The molecule has 1 atom stereocenters. The van der Waals surface area contributed by atoms with E-state index < -0.39 is 5.92 Å². The van der Waals surface area contributed by atoms with Crippen LogP contribution in [0.25, 0.3) is 0 Å². The van der Waals surface area contributed by atoms with Crippen molar-refractivity contribution in [3.8, 4) is 11.8 Å². The van der Waals surface area contributed by atoms with Gasteiger partial charge in [-0.05, 0) is 55.7 Å². The molecule has 1 unspecified atom stereocenters. The van der Waals surface area contributed by atoms with Crippen molar-refractivity contribution in [1.29, 1.82) is 0 Å². The number of carbonyl (C=O) groups is 2. The van der Waals surface area contributed by atoms with Crippen LogP contribution < -0.4 is 4.90 Å². The highest BCUT2D eigenvalue weighted by atomic mass is 35.5. The van der Waals surface area contributed by atoms with Gasteiger partial charge in [0.15, 0.2) is 5.69 Å². The summed E-state index contributed by atoms with van der Waals surface area (Å²) in [6.45, 7) is 0. The number of benzene rings is 2. The molecule has 152 valence electrons. The van der Waals surface area contributed by atoms with Crippen molar-refractivity contribution < 1.29 is 14.2 Å². The normalized spacial score (nSPS) is 20.3. The fourth-order valence-corrected chi connectivity index (χ4v) is 4.35. The highest BCUT2D eigenvalue weighted by Gasteiger charge is 2.51. The molecule has 0 bridgehead atoms. The standard InChI is InChI=1S/C26H20ClN2O2/c27-22-17-19(14-13-18-7-2-1-3-8-18)15-16-24(22)29-25(30)21-11-4-5-12-23(21)28(26(29)31)20-9-6-10-20/h1-5,7-8,11-12,15-17,20-21H,6,9-10H2/q+1. The fourth-order valence-electron chi connectivity index (χ4n) is 4.09. The Bertz CT molecular complexity index is 1230. The van der Waals surface area contributed by atoms with Gasteiger partial charge in [0.05, 0.1) is 5.02 Å². The van der Waals surface area contributed by atoms with E-state index in [1.165, 1.54) is 4.90 Å². The molecule has 2 aromatic carbocycles. The number of halogens is 1. The minimum absolute atomic E-state index is 0.131. The minimum atomic E-state index is -0.475. The van der Waals surface area contributed by atoms with Crippen molar-refractivity contribution >= 4 is 34.9 Å². The van der Waals surface area contributed by atoms with Crippen LogP contribution in [0, 0.1) is 17.8 Å². The van der Waals surface area contributed by atoms with Crippen molar-refractivity contribution in [3.63, 3.8) is 0 Å². The summed E-state index contributed by atoms with van der Waals surface area (Å²) < 4.78 is 1.79. The Morgan fingerprint density at radius 1 is 0.968 bits per heavy atom. The van der Waals surface area contributed by atoms with Crippen molar-refractivity contribution in [1.82, 2.24) is 0 Å². The Hall–Kier alpha value is -3.42. The Morgan fingerprint density at radius 3 is 2.45 bits per heavy atom. The first-order chi connectivity index (χ1) is 15.1. The Labute approximate surface area is 186 Å². The van der Waals surface area contributed by atoms with E-state index in [0.29, 0.717) is 10.7 Å². The number of fused-ring (bicyclic) bond motifs is 1. The lowest BCUT2D eigenvalue weighted by Gasteiger charge is -2.33. The number of allylic oxidation sites excluding steroid dienone is 3. The predicted molar refractivity (Wildman–Crippen MR) is 121 cm³/mol. The molecule has 2 aromatic rings. The summed E-state index contributed by atoms with van der Waals surface area (Å²) in [4.78, 5) is 27.9. The van der Waals surface area contributed by atoms with Crippen molar-refractivity contribution in [2.75, 3.05) is 4.90 Å². The average molecular weight is 428 g/mol. The molecule has 5 heteroatoms. The lowest BCUT2D eigenvalue weighted by atomic mass is 9.88. The van der Waals surface area contributed by atoms with Gasteiger partial charge in [-0.25, -0.2) is 4.79 Å². The lowest BCUT2D eigenvalue weighted by Crippen LogP contribution is -2.58. The van der Waals surface area contributed by atoms with E-state index in [-0.39, 0.29) is 18.0 Å². The fraction of sp³-hybridized carbons (Fsp3) is 0.192. The van der Waals surface area contributed by atoms with Gasteiger partial charge in [0.25, 0.3) is 0 Å². The summed E-state index contributed by atoms with van der Waals surface area (Å²) in [7, 11) is 0. The average Bonchev–Trinajstić information content (AvgIpc) is 2.76. The van der Waals surface area contributed by atoms with Gasteiger partial charge in [-0.15, -0.1) is 4.90 Å². The summed E-state index contributed by atoms with van der Waals surface area (Å²) in [5, 5.41) is 0.328. The van der Waals surface area contributed by atoms with E-state index >= 15 is 0 Å². The number of carbonyl (C=O) groups excluding carboxylic acids is 2. The van der Waals surface area contributed by atoms with Crippen LogP contribution in [0.5, 0.6) is 0 Å². The first kappa shape index (κ1) is 19.5. The van der Waals surface area contributed by atoms with E-state index in [1.807, 2.05) is 54.6 Å². The first-order valence-electron chi connectivity index (χ1n) is 10.4. The molecule has 31 heavy (non-hydrogen) atoms. The van der Waals surface area contributed by atoms with Crippen molar-refractivity contribution in [2.24, 2.45) is 5.92 Å². The van der Waals surface area contributed by atoms with Gasteiger partial charge in [-0.3, -0.25) is 0 Å². The highest BCUT2D eigenvalue weighted by molar-refractivity contribution is 6.36. The second-order valence-corrected chi connectivity index (χ2v) is 8.25. The van der Waals surface area contributed by atoms with Crippen molar-refractivity contribution in [2.45, 2.75) is 25.3 Å². The molecule has 0 radical (unpaired) electrons. The third-order valence-corrected chi connectivity index (χ3v) is 6.22. The second kappa shape index (κ2) is 8.02. The molecule has 0 N–H and O–H groups in total. The number of imide groups is 1. The SMILES string of the molecule is O=C1C2C=CC=CC2=[N+](C2CCC2)C(=O)N1c1ccc(C#Cc2ccccc2)cc1Cl. The number of hydrogen-bond donors (Lipinski definition) is 0. The molecule has 1 saturated carbocycles. The largest absolute Gasteiger partial charge is 0.506 e. The number of amides is 3. The molecule has 4 nitrogen and oxygen atoms in total. The predicted octanol–water partition coefficient (Wildman–Crippen LogP) is 4.95. The van der Waals surface area contributed by atoms with Crippen molar-refractivity contribution in [3.05, 3.63) is 89.0 Å². The van der Waals surface area contributed by atoms with Crippen LogP contribution in [0.2, 0.25) is 5.02 Å². The molecule has 0 spiro atoms. The van der Waals surface area contributed by atoms with Gasteiger partial charge in [0.1, 0.15) is 17.7 Å². The second-order valence-electron chi connectivity index (χ2n) is 7.84. The third-order valence-electron chi connectivity index (χ3n) is 5.92. The number of hydrogen-bond acceptors (Lipinski definition) is 2. The number of urea groups is 1. The molecule has 1 aliphatic heterocycles. The molecule has 0 aromatic heterocycles. The summed E-state index contributed by atoms with van der Waals surface area (Å²) >= 11 is 6.55. The van der Waals surface area contributed by atoms with Crippen LogP contribution in [0.15, 0.2) is 72.8 Å². The van der Waals surface area contributed by atoms with Gasteiger partial charge in [0, 0.05) is 11.1 Å². The van der Waals surface area contributed by atoms with Gasteiger partial charge < -0.3 is 0 Å². The first-order valence-corrected chi connectivity index (χ1v) is 10.8. The monoisotopic (exact) mass is 427 g/mol. The third kappa shape index (κ3) is 3.52. The minimum Gasteiger partial charge on any atom is -0.245 e. The van der Waals surface area contributed by atoms with Gasteiger partial charge in [-0.2, -0.15) is 9.37 Å². The number of anilines is 1. The molecular formula is C26H20ClN2O2+. The van der Waals surface area contributed by atoms with Crippen LogP contribution >= 0.6 is 11.6 Å². The smallest absolute Gasteiger partial charge is 0.245 e. The Kier molecular flexibility index (Phi) is 5.05. The van der Waals surface area contributed by atoms with Gasteiger partial charge >= 0.3 is 11.9 Å². The van der Waals surface area contributed by atoms with Crippen LogP contribution in [0.4, 0.5) is 10.5 Å². The molecule has 1 heterocycles. The van der Waals surface area contributed by atoms with Crippen LogP contribution in [-0.2, 0) is 4.79 Å². The zero-order chi connectivity index (χ0) is 21.4. The van der Waals surface area contributed by atoms with Gasteiger partial charge in [0.2, 0.25) is 0 Å². The Morgan fingerprint density at radius 2 is 1.74 bits per heavy atom. The highest BCUT2D eigenvalue weighted by Crippen LogP contribution is 2.34. The lowest BCUT2D eigenvalue weighted by molar-refractivity contribution is -0.487. The van der Waals surface area contributed by atoms with Crippen LogP contribution in [-0.4, -0.2) is 28.3 Å². The van der Waals surface area contributed by atoms with Gasteiger partial charge in [-0.1, -0.05) is 59.9 Å². The van der Waals surface area contributed by atoms with E-state index in [9.17, 15) is 9.59 Å². The summed E-state index contributed by atoms with van der Waals surface area (Å²) in [5.74, 6) is 5.43. The molecule has 0 saturated heterocycles. The topological polar surface area (TPSA) is 40.4 Å². The summed E-state index contributed by atoms with van der Waals surface area (Å²) in [6, 6.07) is 14.7. The van der Waals surface area contributed by atoms with E-state index in [4.69, 9.17) is 11.6 Å². The zero-order valence-electron chi connectivity index (χ0n) is 16.8. The summed E-state index contributed by atoms with van der Waals surface area (Å²) in [6.07, 6.45) is 10.4. The van der Waals surface area contributed by atoms with E-state index in [1.54, 1.807) is 22.8 Å². The number of nitrogens with zero attached hydrogens (tertiary/aromatic N) is 2. The zero-order valence-corrected chi connectivity index (χ0v) is 17.5. The molecule has 3 amide bonds. The molecule has 3 aliphatic rings. The molecular weight excluding hydrogens is 408 g/mol. The van der Waals surface area contributed by atoms with E-state index in [0.717, 1.165) is 36.1 Å².